The first-order chi connectivity index (χ1) is 12.3. The van der Waals surface area contributed by atoms with Crippen LogP contribution in [-0.4, -0.2) is 39.7 Å². The summed E-state index contributed by atoms with van der Waals surface area (Å²) >= 11 is 0. The Balaban J connectivity index is 1.68. The van der Waals surface area contributed by atoms with Crippen molar-refractivity contribution in [2.24, 2.45) is 11.3 Å². The van der Waals surface area contributed by atoms with E-state index in [0.717, 1.165) is 50.6 Å². The average Bonchev–Trinajstić information content (AvgIpc) is 2.59. The Morgan fingerprint density at radius 3 is 2.54 bits per heavy atom. The average molecular weight is 357 g/mol. The van der Waals surface area contributed by atoms with Gasteiger partial charge in [0.25, 0.3) is 0 Å². The van der Waals surface area contributed by atoms with E-state index in [0.29, 0.717) is 5.75 Å². The molecule has 1 amide bonds. The molecule has 0 radical (unpaired) electrons. The molecule has 1 saturated carbocycles. The molecule has 3 aliphatic rings. The Bertz CT molecular complexity index is 720. The lowest BCUT2D eigenvalue weighted by molar-refractivity contribution is -0.149. The molecule has 1 aliphatic heterocycles. The van der Waals surface area contributed by atoms with E-state index in [1.54, 1.807) is 6.07 Å². The molecule has 142 valence electrons. The van der Waals surface area contributed by atoms with Crippen LogP contribution in [0.3, 0.4) is 0 Å². The van der Waals surface area contributed by atoms with Gasteiger partial charge in [-0.3, -0.25) is 4.79 Å². The molecule has 2 fully saturated rings. The van der Waals surface area contributed by atoms with Gasteiger partial charge < -0.3 is 15.1 Å². The molecule has 1 aromatic carbocycles. The summed E-state index contributed by atoms with van der Waals surface area (Å²) in [6, 6.07) is 5.99. The minimum atomic E-state index is -0.237. The van der Waals surface area contributed by atoms with Crippen LogP contribution in [0.15, 0.2) is 18.2 Å². The number of benzene rings is 1. The zero-order chi connectivity index (χ0) is 18.7. The van der Waals surface area contributed by atoms with Crippen molar-refractivity contribution in [1.29, 1.82) is 0 Å². The Morgan fingerprint density at radius 2 is 1.85 bits per heavy atom. The van der Waals surface area contributed by atoms with Crippen molar-refractivity contribution >= 4 is 5.91 Å². The third-order valence-corrected chi connectivity index (χ3v) is 7.96. The number of aliphatic hydroxyl groups is 1. The van der Waals surface area contributed by atoms with Crippen LogP contribution in [0, 0.1) is 11.3 Å². The summed E-state index contributed by atoms with van der Waals surface area (Å²) in [6.07, 6.45) is 4.48. The van der Waals surface area contributed by atoms with Gasteiger partial charge in [0, 0.05) is 23.9 Å². The molecule has 0 aromatic heterocycles. The van der Waals surface area contributed by atoms with Gasteiger partial charge in [-0.25, -0.2) is 0 Å². The number of carbonyl (C=O) groups excluding carboxylic acids is 1. The highest BCUT2D eigenvalue weighted by Gasteiger charge is 2.57. The quantitative estimate of drug-likeness (QED) is 0.810. The molecule has 26 heavy (non-hydrogen) atoms. The maximum Gasteiger partial charge on any atom is 0.225 e. The summed E-state index contributed by atoms with van der Waals surface area (Å²) in [4.78, 5) is 15.4. The fraction of sp³-hybridized carbons (Fsp3) is 0.682. The van der Waals surface area contributed by atoms with Gasteiger partial charge in [-0.05, 0) is 61.1 Å². The molecule has 4 nitrogen and oxygen atoms in total. The molecular formula is C22H31NO3. The van der Waals surface area contributed by atoms with Crippen LogP contribution >= 0.6 is 0 Å². The second-order valence-corrected chi connectivity index (χ2v) is 9.36. The van der Waals surface area contributed by atoms with Crippen LogP contribution in [0.5, 0.6) is 5.75 Å². The van der Waals surface area contributed by atoms with Crippen LogP contribution < -0.4 is 0 Å². The molecule has 4 heteroatoms. The van der Waals surface area contributed by atoms with E-state index >= 15 is 0 Å². The number of aliphatic hydroxyl groups excluding tert-OH is 1. The lowest BCUT2D eigenvalue weighted by atomic mass is 9.51. The van der Waals surface area contributed by atoms with E-state index in [-0.39, 0.29) is 34.8 Å². The van der Waals surface area contributed by atoms with E-state index in [2.05, 4.69) is 31.7 Å². The molecule has 1 aromatic rings. The van der Waals surface area contributed by atoms with Crippen molar-refractivity contribution in [3.63, 3.8) is 0 Å². The maximum atomic E-state index is 13.3. The molecule has 0 unspecified atom stereocenters. The smallest absolute Gasteiger partial charge is 0.225 e. The van der Waals surface area contributed by atoms with Gasteiger partial charge in [-0.1, -0.05) is 32.9 Å². The number of hydrogen-bond donors (Lipinski definition) is 2. The van der Waals surface area contributed by atoms with Gasteiger partial charge in [0.2, 0.25) is 5.91 Å². The van der Waals surface area contributed by atoms with E-state index in [4.69, 9.17) is 0 Å². The van der Waals surface area contributed by atoms with Crippen LogP contribution in [-0.2, 0) is 16.6 Å². The zero-order valence-electron chi connectivity index (χ0n) is 16.2. The summed E-state index contributed by atoms with van der Waals surface area (Å²) in [5, 5.41) is 20.2. The molecule has 2 aliphatic carbocycles. The van der Waals surface area contributed by atoms with Crippen molar-refractivity contribution in [2.45, 2.75) is 76.9 Å². The second-order valence-electron chi connectivity index (χ2n) is 9.36. The predicted molar refractivity (Wildman–Crippen MR) is 101 cm³/mol. The first-order valence-corrected chi connectivity index (χ1v) is 10.1. The number of hydrogen-bond acceptors (Lipinski definition) is 3. The SMILES string of the molecule is CC1(C)[C@H]2Cc3c(O)cccc3[C@]1(C)CCN2C(=O)[C@H]1CC[C@H](O)CC1. The minimum Gasteiger partial charge on any atom is -0.508 e. The number of nitrogens with zero attached hydrogens (tertiary/aromatic N) is 1. The van der Waals surface area contributed by atoms with Gasteiger partial charge in [-0.15, -0.1) is 0 Å². The molecule has 1 saturated heterocycles. The highest BCUT2D eigenvalue weighted by Crippen LogP contribution is 2.57. The van der Waals surface area contributed by atoms with E-state index in [1.165, 1.54) is 5.56 Å². The second kappa shape index (κ2) is 5.98. The Kier molecular flexibility index (Phi) is 4.11. The third kappa shape index (κ3) is 2.41. The molecule has 2 N–H and O–H groups in total. The van der Waals surface area contributed by atoms with Gasteiger partial charge in [0.05, 0.1) is 6.10 Å². The molecule has 2 atom stereocenters. The number of amides is 1. The topological polar surface area (TPSA) is 60.8 Å². The number of likely N-dealkylation sites (tertiary alicyclic amines) is 1. The molecular weight excluding hydrogens is 326 g/mol. The summed E-state index contributed by atoms with van der Waals surface area (Å²) < 4.78 is 0. The number of fused-ring (bicyclic) bond motifs is 4. The third-order valence-electron chi connectivity index (χ3n) is 7.96. The summed E-state index contributed by atoms with van der Waals surface area (Å²) in [6.45, 7) is 7.66. The molecule has 4 rings (SSSR count). The van der Waals surface area contributed by atoms with E-state index in [1.807, 2.05) is 6.07 Å². The highest BCUT2D eigenvalue weighted by atomic mass is 16.3. The van der Waals surface area contributed by atoms with Gasteiger partial charge in [-0.2, -0.15) is 0 Å². The zero-order valence-corrected chi connectivity index (χ0v) is 16.2. The van der Waals surface area contributed by atoms with Gasteiger partial charge >= 0.3 is 0 Å². The number of carbonyl (C=O) groups is 1. The minimum absolute atomic E-state index is 0.0382. The lowest BCUT2D eigenvalue weighted by Gasteiger charge is -2.61. The van der Waals surface area contributed by atoms with E-state index < -0.39 is 0 Å². The van der Waals surface area contributed by atoms with Crippen LogP contribution in [0.4, 0.5) is 0 Å². The normalized spacial score (nSPS) is 35.7. The lowest BCUT2D eigenvalue weighted by Crippen LogP contribution is -2.65. The monoisotopic (exact) mass is 357 g/mol. The van der Waals surface area contributed by atoms with Gasteiger partial charge in [0.1, 0.15) is 5.75 Å². The van der Waals surface area contributed by atoms with Crippen LogP contribution in [0.25, 0.3) is 0 Å². The molecule has 0 spiro atoms. The summed E-state index contributed by atoms with van der Waals surface area (Å²) in [5.74, 6) is 0.671. The van der Waals surface area contributed by atoms with Crippen molar-refractivity contribution in [1.82, 2.24) is 4.90 Å². The predicted octanol–water partition coefficient (Wildman–Crippen LogP) is 3.38. The fourth-order valence-corrected chi connectivity index (χ4v) is 5.75. The Hall–Kier alpha value is -1.55. The van der Waals surface area contributed by atoms with Crippen LogP contribution in [0.2, 0.25) is 0 Å². The first kappa shape index (κ1) is 17.8. The number of rotatable bonds is 1. The largest absolute Gasteiger partial charge is 0.508 e. The summed E-state index contributed by atoms with van der Waals surface area (Å²) in [5.41, 5.74) is 2.20. The number of phenolic OH excluding ortho intramolecular Hbond substituents is 1. The fourth-order valence-electron chi connectivity index (χ4n) is 5.75. The van der Waals surface area contributed by atoms with E-state index in [9.17, 15) is 15.0 Å². The standard InChI is InChI=1S/C22H31NO3/c1-21(2)19-13-16-17(5-4-6-18(16)25)22(21,3)11-12-23(19)20(26)14-7-9-15(24)10-8-14/h4-6,14-15,19,24-25H,7-13H2,1-3H3/t14-,15-,19-,22+/m1/s1. The molecule has 2 bridgehead atoms. The van der Waals surface area contributed by atoms with Crippen molar-refractivity contribution in [3.05, 3.63) is 29.3 Å². The first-order valence-electron chi connectivity index (χ1n) is 10.1. The number of phenols is 1. The number of aromatic hydroxyl groups is 1. The van der Waals surface area contributed by atoms with Crippen molar-refractivity contribution in [3.8, 4) is 5.75 Å². The van der Waals surface area contributed by atoms with Crippen molar-refractivity contribution in [2.75, 3.05) is 6.54 Å². The maximum absolute atomic E-state index is 13.3. The molecule has 1 heterocycles. The highest BCUT2D eigenvalue weighted by molar-refractivity contribution is 5.80. The summed E-state index contributed by atoms with van der Waals surface area (Å²) in [7, 11) is 0. The van der Waals surface area contributed by atoms with Crippen LogP contribution in [0.1, 0.15) is 64.0 Å². The van der Waals surface area contributed by atoms with Gasteiger partial charge in [0.15, 0.2) is 0 Å². The Labute approximate surface area is 156 Å². The Morgan fingerprint density at radius 1 is 1.15 bits per heavy atom. The van der Waals surface area contributed by atoms with Crippen molar-refractivity contribution < 1.29 is 15.0 Å². The number of piperidine rings is 1.